The second-order valence-electron chi connectivity index (χ2n) is 6.99. The molecule has 1 unspecified atom stereocenters. The van der Waals surface area contributed by atoms with Gasteiger partial charge in [0, 0.05) is 42.0 Å². The van der Waals surface area contributed by atoms with Crippen molar-refractivity contribution in [2.75, 3.05) is 20.2 Å². The van der Waals surface area contributed by atoms with Crippen LogP contribution in [-0.2, 0) is 0 Å². The molecule has 1 aliphatic heterocycles. The Morgan fingerprint density at radius 3 is 2.61 bits per heavy atom. The first-order chi connectivity index (χ1) is 13.7. The summed E-state index contributed by atoms with van der Waals surface area (Å²) < 4.78 is 5.22. The molecule has 1 fully saturated rings. The molecule has 1 aromatic heterocycles. The van der Waals surface area contributed by atoms with Gasteiger partial charge in [-0.05, 0) is 55.3 Å². The van der Waals surface area contributed by atoms with Crippen molar-refractivity contribution >= 4 is 5.91 Å². The molecule has 0 aliphatic carbocycles. The van der Waals surface area contributed by atoms with Crippen LogP contribution in [-0.4, -0.2) is 41.0 Å². The third kappa shape index (κ3) is 3.88. The highest BCUT2D eigenvalue weighted by atomic mass is 16.5. The molecule has 3 aromatic rings. The fraction of sp³-hybridized carbons (Fsp3) is 0.261. The van der Waals surface area contributed by atoms with Crippen LogP contribution in [0.25, 0.3) is 11.4 Å². The summed E-state index contributed by atoms with van der Waals surface area (Å²) in [6.07, 6.45) is 3.81. The molecule has 1 amide bonds. The normalized spacial score (nSPS) is 16.6. The number of ether oxygens (including phenoxy) is 1. The first kappa shape index (κ1) is 18.2. The summed E-state index contributed by atoms with van der Waals surface area (Å²) >= 11 is 0. The minimum Gasteiger partial charge on any atom is -0.497 e. The molecular weight excluding hydrogens is 350 g/mol. The van der Waals surface area contributed by atoms with Gasteiger partial charge in [-0.15, -0.1) is 0 Å². The second-order valence-corrected chi connectivity index (χ2v) is 6.99. The quantitative estimate of drug-likeness (QED) is 0.689. The Labute approximate surface area is 165 Å². The van der Waals surface area contributed by atoms with E-state index in [2.05, 4.69) is 4.98 Å². The van der Waals surface area contributed by atoms with Gasteiger partial charge in [0.05, 0.1) is 7.11 Å². The maximum absolute atomic E-state index is 12.8. The van der Waals surface area contributed by atoms with E-state index in [-0.39, 0.29) is 11.8 Å². The summed E-state index contributed by atoms with van der Waals surface area (Å²) in [7, 11) is 1.65. The fourth-order valence-electron chi connectivity index (χ4n) is 3.65. The Bertz CT molecular complexity index is 942. The zero-order valence-electron chi connectivity index (χ0n) is 15.9. The highest BCUT2D eigenvalue weighted by Gasteiger charge is 2.26. The Kier molecular flexibility index (Phi) is 5.33. The number of carbonyl (C=O) groups is 1. The summed E-state index contributed by atoms with van der Waals surface area (Å²) in [6.45, 7) is 1.48. The highest BCUT2D eigenvalue weighted by Crippen LogP contribution is 2.28. The van der Waals surface area contributed by atoms with Gasteiger partial charge in [-0.1, -0.05) is 18.2 Å². The molecule has 1 aliphatic rings. The lowest BCUT2D eigenvalue weighted by molar-refractivity contribution is 0.0706. The number of rotatable bonds is 4. The lowest BCUT2D eigenvalue weighted by Crippen LogP contribution is -2.39. The van der Waals surface area contributed by atoms with Crippen molar-refractivity contribution in [2.45, 2.75) is 18.8 Å². The maximum atomic E-state index is 12.8. The van der Waals surface area contributed by atoms with Crippen molar-refractivity contribution in [1.29, 1.82) is 0 Å². The number of carbonyl (C=O) groups excluding carboxylic acids is 1. The van der Waals surface area contributed by atoms with Crippen molar-refractivity contribution in [3.8, 4) is 17.1 Å². The number of amides is 1. The largest absolute Gasteiger partial charge is 0.497 e. The van der Waals surface area contributed by atoms with Crippen LogP contribution in [0.2, 0.25) is 0 Å². The van der Waals surface area contributed by atoms with Crippen LogP contribution in [0.15, 0.2) is 66.9 Å². The van der Waals surface area contributed by atoms with E-state index in [9.17, 15) is 4.79 Å². The van der Waals surface area contributed by atoms with E-state index in [4.69, 9.17) is 9.72 Å². The third-order valence-electron chi connectivity index (χ3n) is 5.17. The molecule has 28 heavy (non-hydrogen) atoms. The van der Waals surface area contributed by atoms with E-state index < -0.39 is 0 Å². The monoisotopic (exact) mass is 373 g/mol. The molecule has 0 bridgehead atoms. The van der Waals surface area contributed by atoms with Gasteiger partial charge in [-0.2, -0.15) is 0 Å². The Morgan fingerprint density at radius 1 is 1.07 bits per heavy atom. The van der Waals surface area contributed by atoms with Crippen molar-refractivity contribution in [2.24, 2.45) is 0 Å². The lowest BCUT2D eigenvalue weighted by atomic mass is 9.94. The van der Waals surface area contributed by atoms with Gasteiger partial charge in [0.15, 0.2) is 5.82 Å². The molecule has 5 heteroatoms. The van der Waals surface area contributed by atoms with Crippen LogP contribution in [0.1, 0.15) is 34.8 Å². The number of likely N-dealkylation sites (tertiary alicyclic amines) is 1. The Morgan fingerprint density at radius 2 is 1.86 bits per heavy atom. The van der Waals surface area contributed by atoms with Crippen LogP contribution >= 0.6 is 0 Å². The van der Waals surface area contributed by atoms with E-state index in [1.165, 1.54) is 0 Å². The minimum absolute atomic E-state index is 0.0923. The SMILES string of the molecule is COc1ccc(-c2nccc(C3CCCN(C(=O)c4ccccc4)C3)n2)cc1. The first-order valence-corrected chi connectivity index (χ1v) is 9.56. The van der Waals surface area contributed by atoms with Crippen molar-refractivity contribution in [1.82, 2.24) is 14.9 Å². The maximum Gasteiger partial charge on any atom is 0.253 e. The summed E-state index contributed by atoms with van der Waals surface area (Å²) in [5, 5.41) is 0. The number of hydrogen-bond acceptors (Lipinski definition) is 4. The van der Waals surface area contributed by atoms with Crippen molar-refractivity contribution in [3.05, 3.63) is 78.1 Å². The molecular formula is C23H23N3O2. The predicted molar refractivity (Wildman–Crippen MR) is 108 cm³/mol. The average molecular weight is 373 g/mol. The molecule has 142 valence electrons. The zero-order chi connectivity index (χ0) is 19.3. The van der Waals surface area contributed by atoms with E-state index in [0.717, 1.165) is 42.0 Å². The van der Waals surface area contributed by atoms with Crippen molar-refractivity contribution in [3.63, 3.8) is 0 Å². The van der Waals surface area contributed by atoms with Crippen LogP contribution in [0.5, 0.6) is 5.75 Å². The van der Waals surface area contributed by atoms with Crippen molar-refractivity contribution < 1.29 is 9.53 Å². The summed E-state index contributed by atoms with van der Waals surface area (Å²) in [5.41, 5.74) is 2.69. The van der Waals surface area contributed by atoms with Gasteiger partial charge < -0.3 is 9.64 Å². The van der Waals surface area contributed by atoms with Crippen LogP contribution in [0, 0.1) is 0 Å². The van der Waals surface area contributed by atoms with E-state index >= 15 is 0 Å². The molecule has 0 saturated carbocycles. The van der Waals surface area contributed by atoms with Gasteiger partial charge in [-0.25, -0.2) is 9.97 Å². The fourth-order valence-corrected chi connectivity index (χ4v) is 3.65. The third-order valence-corrected chi connectivity index (χ3v) is 5.17. The van der Waals surface area contributed by atoms with Gasteiger partial charge in [0.1, 0.15) is 5.75 Å². The lowest BCUT2D eigenvalue weighted by Gasteiger charge is -2.32. The molecule has 0 N–H and O–H groups in total. The number of methoxy groups -OCH3 is 1. The van der Waals surface area contributed by atoms with Crippen LogP contribution in [0.3, 0.4) is 0 Å². The number of piperidine rings is 1. The van der Waals surface area contributed by atoms with Crippen LogP contribution < -0.4 is 4.74 Å². The first-order valence-electron chi connectivity index (χ1n) is 9.56. The van der Waals surface area contributed by atoms with Crippen LogP contribution in [0.4, 0.5) is 0 Å². The summed E-state index contributed by atoms with van der Waals surface area (Å²) in [4.78, 5) is 24.0. The molecule has 0 spiro atoms. The Hall–Kier alpha value is -3.21. The van der Waals surface area contributed by atoms with Gasteiger partial charge in [0.25, 0.3) is 5.91 Å². The second kappa shape index (κ2) is 8.21. The van der Waals surface area contributed by atoms with Gasteiger partial charge in [-0.3, -0.25) is 4.79 Å². The number of nitrogens with zero attached hydrogens (tertiary/aromatic N) is 3. The van der Waals surface area contributed by atoms with Gasteiger partial charge >= 0.3 is 0 Å². The zero-order valence-corrected chi connectivity index (χ0v) is 15.9. The molecule has 4 rings (SSSR count). The standard InChI is InChI=1S/C23H23N3O2/c1-28-20-11-9-17(10-12-20)22-24-14-13-21(25-22)19-8-5-15-26(16-19)23(27)18-6-3-2-4-7-18/h2-4,6-7,9-14,19H,5,8,15-16H2,1H3. The summed E-state index contributed by atoms with van der Waals surface area (Å²) in [6, 6.07) is 19.2. The predicted octanol–water partition coefficient (Wildman–Crippen LogP) is 4.17. The number of aromatic nitrogens is 2. The van der Waals surface area contributed by atoms with E-state index in [1.54, 1.807) is 13.3 Å². The molecule has 2 heterocycles. The molecule has 5 nitrogen and oxygen atoms in total. The molecule has 1 saturated heterocycles. The van der Waals surface area contributed by atoms with E-state index in [0.29, 0.717) is 12.4 Å². The van der Waals surface area contributed by atoms with Gasteiger partial charge in [0.2, 0.25) is 0 Å². The number of hydrogen-bond donors (Lipinski definition) is 0. The van der Waals surface area contributed by atoms with E-state index in [1.807, 2.05) is 65.6 Å². The Balaban J connectivity index is 1.53. The molecule has 2 aromatic carbocycles. The minimum atomic E-state index is 0.0923. The summed E-state index contributed by atoms with van der Waals surface area (Å²) in [5.74, 6) is 1.82. The average Bonchev–Trinajstić information content (AvgIpc) is 2.79. The molecule has 0 radical (unpaired) electrons. The molecule has 1 atom stereocenters. The highest BCUT2D eigenvalue weighted by molar-refractivity contribution is 5.94. The topological polar surface area (TPSA) is 55.3 Å². The number of benzene rings is 2. The smallest absolute Gasteiger partial charge is 0.253 e.